The number of carbonyl (C=O) groups excluding carboxylic acids is 1. The molecule has 2 N–H and O–H groups in total. The van der Waals surface area contributed by atoms with E-state index in [2.05, 4.69) is 0 Å². The van der Waals surface area contributed by atoms with Gasteiger partial charge in [-0.05, 0) is 55.5 Å². The Morgan fingerprint density at radius 2 is 1.70 bits per heavy atom. The molecule has 1 aliphatic heterocycles. The molecule has 3 rings (SSSR count). The lowest BCUT2D eigenvalue weighted by Gasteiger charge is -2.30. The molecule has 162 valence electrons. The Morgan fingerprint density at radius 3 is 2.37 bits per heavy atom. The third-order valence-electron chi connectivity index (χ3n) is 5.21. The van der Waals surface area contributed by atoms with Crippen molar-refractivity contribution < 1.29 is 23.0 Å². The van der Waals surface area contributed by atoms with Gasteiger partial charge in [-0.15, -0.1) is 0 Å². The van der Waals surface area contributed by atoms with Crippen LogP contribution in [0.2, 0.25) is 0 Å². The van der Waals surface area contributed by atoms with Crippen LogP contribution in [0.25, 0.3) is 0 Å². The van der Waals surface area contributed by atoms with Crippen LogP contribution < -0.4 is 15.2 Å². The fraction of sp³-hybridized carbons (Fsp3) is 0.435. The van der Waals surface area contributed by atoms with Crippen molar-refractivity contribution in [1.29, 1.82) is 0 Å². The second-order valence-corrected chi connectivity index (χ2v) is 7.44. The molecule has 0 aliphatic carbocycles. The molecule has 1 heterocycles. The Morgan fingerprint density at radius 1 is 1.00 bits per heavy atom. The third kappa shape index (κ3) is 6.16. The molecule has 2 aromatic rings. The SMILES string of the molecule is NCC(Cc1ccc(OCCOc2ccc(F)cc2F)cc1)C(=O)N1CCCCC1. The minimum atomic E-state index is -0.743. The van der Waals surface area contributed by atoms with Gasteiger partial charge in [-0.1, -0.05) is 12.1 Å². The summed E-state index contributed by atoms with van der Waals surface area (Å²) in [4.78, 5) is 14.6. The summed E-state index contributed by atoms with van der Waals surface area (Å²) >= 11 is 0. The first-order chi connectivity index (χ1) is 14.6. The van der Waals surface area contributed by atoms with Gasteiger partial charge in [-0.2, -0.15) is 0 Å². The van der Waals surface area contributed by atoms with E-state index < -0.39 is 11.6 Å². The number of nitrogens with two attached hydrogens (primary N) is 1. The highest BCUT2D eigenvalue weighted by atomic mass is 19.1. The highest BCUT2D eigenvalue weighted by Crippen LogP contribution is 2.19. The van der Waals surface area contributed by atoms with Gasteiger partial charge in [0.2, 0.25) is 5.91 Å². The van der Waals surface area contributed by atoms with Gasteiger partial charge in [-0.3, -0.25) is 4.79 Å². The summed E-state index contributed by atoms with van der Waals surface area (Å²) in [5.41, 5.74) is 6.89. The first kappa shape index (κ1) is 22.0. The topological polar surface area (TPSA) is 64.8 Å². The van der Waals surface area contributed by atoms with E-state index in [9.17, 15) is 13.6 Å². The predicted octanol–water partition coefficient (Wildman–Crippen LogP) is 3.55. The first-order valence-electron chi connectivity index (χ1n) is 10.4. The van der Waals surface area contributed by atoms with E-state index in [1.165, 1.54) is 12.5 Å². The van der Waals surface area contributed by atoms with Crippen LogP contribution in [0.15, 0.2) is 42.5 Å². The van der Waals surface area contributed by atoms with Gasteiger partial charge in [0.15, 0.2) is 11.6 Å². The molecule has 0 saturated carbocycles. The molecule has 1 amide bonds. The Hall–Kier alpha value is -2.67. The standard InChI is InChI=1S/C23H28F2N2O3/c24-19-6-9-22(21(25)15-19)30-13-12-29-20-7-4-17(5-8-20)14-18(16-26)23(28)27-10-2-1-3-11-27/h4-9,15,18H,1-3,10-14,16,26H2. The van der Waals surface area contributed by atoms with Gasteiger partial charge >= 0.3 is 0 Å². The highest BCUT2D eigenvalue weighted by Gasteiger charge is 2.24. The van der Waals surface area contributed by atoms with Crippen molar-refractivity contribution in [3.63, 3.8) is 0 Å². The summed E-state index contributed by atoms with van der Waals surface area (Å²) in [7, 11) is 0. The molecular weight excluding hydrogens is 390 g/mol. The van der Waals surface area contributed by atoms with Crippen LogP contribution in [-0.2, 0) is 11.2 Å². The number of nitrogens with zero attached hydrogens (tertiary/aromatic N) is 1. The van der Waals surface area contributed by atoms with Crippen LogP contribution in [0.1, 0.15) is 24.8 Å². The molecule has 1 aliphatic rings. The average molecular weight is 418 g/mol. The number of hydrogen-bond donors (Lipinski definition) is 1. The molecule has 0 bridgehead atoms. The second kappa shape index (κ2) is 10.9. The van der Waals surface area contributed by atoms with Crippen molar-refractivity contribution >= 4 is 5.91 Å². The molecule has 0 spiro atoms. The minimum Gasteiger partial charge on any atom is -0.490 e. The number of rotatable bonds is 9. The summed E-state index contributed by atoms with van der Waals surface area (Å²) < 4.78 is 37.3. The van der Waals surface area contributed by atoms with Gasteiger partial charge in [0.1, 0.15) is 24.8 Å². The maximum Gasteiger partial charge on any atom is 0.227 e. The number of hydrogen-bond acceptors (Lipinski definition) is 4. The Balaban J connectivity index is 1.45. The van der Waals surface area contributed by atoms with E-state index in [0.717, 1.165) is 43.6 Å². The molecule has 30 heavy (non-hydrogen) atoms. The summed E-state index contributed by atoms with van der Waals surface area (Å²) in [6.07, 6.45) is 3.90. The van der Waals surface area contributed by atoms with E-state index in [1.807, 2.05) is 29.2 Å². The normalized spacial score (nSPS) is 15.0. The van der Waals surface area contributed by atoms with Crippen molar-refractivity contribution in [2.75, 3.05) is 32.8 Å². The van der Waals surface area contributed by atoms with Crippen molar-refractivity contribution in [2.45, 2.75) is 25.7 Å². The number of likely N-dealkylation sites (tertiary alicyclic amines) is 1. The van der Waals surface area contributed by atoms with Crippen molar-refractivity contribution in [3.05, 3.63) is 59.7 Å². The second-order valence-electron chi connectivity index (χ2n) is 7.44. The molecule has 1 unspecified atom stereocenters. The number of benzene rings is 2. The maximum absolute atomic E-state index is 13.5. The summed E-state index contributed by atoms with van der Waals surface area (Å²) in [5.74, 6) is -0.828. The van der Waals surface area contributed by atoms with Crippen molar-refractivity contribution in [3.8, 4) is 11.5 Å². The molecule has 1 fully saturated rings. The summed E-state index contributed by atoms with van der Waals surface area (Å²) in [6.45, 7) is 2.32. The van der Waals surface area contributed by atoms with Crippen LogP contribution in [0.5, 0.6) is 11.5 Å². The smallest absolute Gasteiger partial charge is 0.227 e. The molecule has 7 heteroatoms. The van der Waals surface area contributed by atoms with Crippen LogP contribution >= 0.6 is 0 Å². The summed E-state index contributed by atoms with van der Waals surface area (Å²) in [6, 6.07) is 10.7. The number of piperidine rings is 1. The number of amides is 1. The Labute approximate surface area is 175 Å². The fourth-order valence-corrected chi connectivity index (χ4v) is 3.55. The largest absolute Gasteiger partial charge is 0.490 e. The van der Waals surface area contributed by atoms with E-state index in [1.54, 1.807) is 0 Å². The number of ether oxygens (including phenoxy) is 2. The van der Waals surface area contributed by atoms with Gasteiger partial charge in [0.25, 0.3) is 0 Å². The quantitative estimate of drug-likeness (QED) is 0.633. The minimum absolute atomic E-state index is 0.0125. The zero-order valence-corrected chi connectivity index (χ0v) is 17.0. The Kier molecular flexibility index (Phi) is 8.02. The zero-order valence-electron chi connectivity index (χ0n) is 17.0. The van der Waals surface area contributed by atoms with Gasteiger partial charge in [-0.25, -0.2) is 8.78 Å². The van der Waals surface area contributed by atoms with Crippen molar-refractivity contribution in [1.82, 2.24) is 4.90 Å². The third-order valence-corrected chi connectivity index (χ3v) is 5.21. The van der Waals surface area contributed by atoms with E-state index in [-0.39, 0.29) is 30.8 Å². The summed E-state index contributed by atoms with van der Waals surface area (Å²) in [5, 5.41) is 0. The lowest BCUT2D eigenvalue weighted by atomic mass is 9.97. The van der Waals surface area contributed by atoms with Crippen LogP contribution in [0, 0.1) is 17.6 Å². The molecule has 0 radical (unpaired) electrons. The lowest BCUT2D eigenvalue weighted by Crippen LogP contribution is -2.42. The molecule has 1 saturated heterocycles. The molecular formula is C23H28F2N2O3. The molecule has 1 atom stereocenters. The van der Waals surface area contributed by atoms with Crippen LogP contribution in [0.4, 0.5) is 8.78 Å². The van der Waals surface area contributed by atoms with E-state index in [0.29, 0.717) is 18.7 Å². The van der Waals surface area contributed by atoms with Crippen LogP contribution in [0.3, 0.4) is 0 Å². The van der Waals surface area contributed by atoms with Gasteiger partial charge in [0, 0.05) is 25.7 Å². The number of halogens is 2. The van der Waals surface area contributed by atoms with Crippen molar-refractivity contribution in [2.24, 2.45) is 11.7 Å². The first-order valence-corrected chi connectivity index (χ1v) is 10.4. The lowest BCUT2D eigenvalue weighted by molar-refractivity contribution is -0.136. The average Bonchev–Trinajstić information content (AvgIpc) is 2.77. The highest BCUT2D eigenvalue weighted by molar-refractivity contribution is 5.79. The molecule has 2 aromatic carbocycles. The van der Waals surface area contributed by atoms with E-state index in [4.69, 9.17) is 15.2 Å². The zero-order chi connectivity index (χ0) is 21.3. The monoisotopic (exact) mass is 418 g/mol. The van der Waals surface area contributed by atoms with Crippen LogP contribution in [-0.4, -0.2) is 43.7 Å². The molecule has 0 aromatic heterocycles. The van der Waals surface area contributed by atoms with Gasteiger partial charge < -0.3 is 20.1 Å². The molecule has 5 nitrogen and oxygen atoms in total. The van der Waals surface area contributed by atoms with Gasteiger partial charge in [0.05, 0.1) is 5.92 Å². The number of carbonyl (C=O) groups is 1. The van der Waals surface area contributed by atoms with E-state index >= 15 is 0 Å². The predicted molar refractivity (Wildman–Crippen MR) is 110 cm³/mol. The maximum atomic E-state index is 13.5. The Bertz CT molecular complexity index is 824. The fourth-order valence-electron chi connectivity index (χ4n) is 3.55.